The predicted octanol–water partition coefficient (Wildman–Crippen LogP) is 7.75. The topological polar surface area (TPSA) is 15.6 Å². The Kier molecular flexibility index (Phi) is 5.54. The predicted molar refractivity (Wildman–Crippen MR) is 129 cm³/mol. The molecule has 3 aromatic rings. The molecule has 0 amide bonds. The van der Waals surface area contributed by atoms with Gasteiger partial charge in [-0.3, -0.25) is 0 Å². The molecule has 30 heavy (non-hydrogen) atoms. The van der Waals surface area contributed by atoms with E-state index in [0.717, 1.165) is 35.2 Å². The second-order valence-electron chi connectivity index (χ2n) is 8.40. The highest BCUT2D eigenvalue weighted by Gasteiger charge is 2.26. The lowest BCUT2D eigenvalue weighted by atomic mass is 9.87. The van der Waals surface area contributed by atoms with Crippen LogP contribution in [0.4, 0.5) is 5.69 Å². The van der Waals surface area contributed by atoms with Gasteiger partial charge in [-0.05, 0) is 34.9 Å². The second kappa shape index (κ2) is 8.61. The van der Waals surface area contributed by atoms with Crippen LogP contribution in [0.5, 0.6) is 0 Å². The summed E-state index contributed by atoms with van der Waals surface area (Å²) in [7, 11) is 0. The molecule has 2 nitrogen and oxygen atoms in total. The van der Waals surface area contributed by atoms with Gasteiger partial charge in [-0.2, -0.15) is 0 Å². The first-order chi connectivity index (χ1) is 14.8. The molecule has 1 saturated carbocycles. The molecule has 1 fully saturated rings. The Morgan fingerprint density at radius 2 is 1.57 bits per heavy atom. The highest BCUT2D eigenvalue weighted by Crippen LogP contribution is 2.39. The number of rotatable bonds is 5. The highest BCUT2D eigenvalue weighted by atomic mass is 32.1. The Morgan fingerprint density at radius 3 is 2.33 bits per heavy atom. The maximum atomic E-state index is 5.07. The van der Waals surface area contributed by atoms with Crippen LogP contribution in [0, 0.1) is 5.92 Å². The molecule has 0 atom stereocenters. The molecule has 0 unspecified atom stereocenters. The third kappa shape index (κ3) is 3.87. The van der Waals surface area contributed by atoms with E-state index in [0.29, 0.717) is 0 Å². The maximum absolute atomic E-state index is 5.07. The third-order valence-corrected chi connectivity index (χ3v) is 7.40. The average molecular weight is 413 g/mol. The van der Waals surface area contributed by atoms with Crippen LogP contribution in [0.1, 0.15) is 49.0 Å². The molecule has 2 aromatic carbocycles. The number of fused-ring (bicyclic) bond motifs is 1. The molecule has 5 rings (SSSR count). The molecule has 0 N–H and O–H groups in total. The van der Waals surface area contributed by atoms with Gasteiger partial charge in [0.25, 0.3) is 0 Å². The van der Waals surface area contributed by atoms with Gasteiger partial charge in [0.1, 0.15) is 5.84 Å². The summed E-state index contributed by atoms with van der Waals surface area (Å²) in [4.78, 5) is 8.64. The summed E-state index contributed by atoms with van der Waals surface area (Å²) in [6.07, 6.45) is 8.17. The van der Waals surface area contributed by atoms with E-state index in [1.165, 1.54) is 54.5 Å². The molecule has 2 aliphatic rings. The van der Waals surface area contributed by atoms with Crippen molar-refractivity contribution >= 4 is 28.6 Å². The van der Waals surface area contributed by atoms with Crippen molar-refractivity contribution in [2.45, 2.75) is 38.5 Å². The van der Waals surface area contributed by atoms with Gasteiger partial charge in [-0.15, -0.1) is 11.3 Å². The van der Waals surface area contributed by atoms with Crippen LogP contribution in [-0.2, 0) is 0 Å². The lowest BCUT2D eigenvalue weighted by molar-refractivity contribution is 0.321. The number of nitrogens with zero attached hydrogens (tertiary/aromatic N) is 2. The molecule has 0 spiro atoms. The van der Waals surface area contributed by atoms with Crippen LogP contribution in [0.15, 0.2) is 77.6 Å². The molecule has 3 heteroatoms. The van der Waals surface area contributed by atoms with Gasteiger partial charge in [0.05, 0.1) is 16.3 Å². The summed E-state index contributed by atoms with van der Waals surface area (Å²) in [6.45, 7) is 5.47. The monoisotopic (exact) mass is 412 g/mol. The highest BCUT2D eigenvalue weighted by molar-refractivity contribution is 7.11. The summed E-state index contributed by atoms with van der Waals surface area (Å²) in [6, 6.07) is 21.5. The minimum Gasteiger partial charge on any atom is -0.325 e. The lowest BCUT2D eigenvalue weighted by Crippen LogP contribution is -2.33. The van der Waals surface area contributed by atoms with E-state index in [4.69, 9.17) is 4.99 Å². The maximum Gasteiger partial charge on any atom is 0.141 e. The molecule has 152 valence electrons. The fourth-order valence-corrected chi connectivity index (χ4v) is 5.54. The van der Waals surface area contributed by atoms with E-state index in [1.54, 1.807) is 11.3 Å². The van der Waals surface area contributed by atoms with Crippen LogP contribution in [0.2, 0.25) is 0 Å². The summed E-state index contributed by atoms with van der Waals surface area (Å²) < 4.78 is 0. The lowest BCUT2D eigenvalue weighted by Gasteiger charge is -2.33. The van der Waals surface area contributed by atoms with E-state index >= 15 is 0 Å². The van der Waals surface area contributed by atoms with Crippen molar-refractivity contribution in [3.05, 3.63) is 83.1 Å². The zero-order valence-electron chi connectivity index (χ0n) is 17.4. The van der Waals surface area contributed by atoms with Gasteiger partial charge in [0.15, 0.2) is 0 Å². The standard InChI is InChI=1S/C27H28N2S/c1-20-26-25(17-19-30-26)28-27(29(20)18-16-21-8-4-2-5-9-21)24-14-12-23(13-15-24)22-10-6-3-7-11-22/h3,6-7,10-15,17,19,21H,1-2,4-5,8-9,16,18H2. The SMILES string of the molecule is C=C1c2sccc2N=C(c2ccc(-c3ccccc3)cc2)N1CCC1CCCCC1. The zero-order chi connectivity index (χ0) is 20.3. The van der Waals surface area contributed by atoms with Gasteiger partial charge in [-0.1, -0.05) is 93.3 Å². The van der Waals surface area contributed by atoms with Crippen LogP contribution >= 0.6 is 11.3 Å². The van der Waals surface area contributed by atoms with Gasteiger partial charge in [0.2, 0.25) is 0 Å². The van der Waals surface area contributed by atoms with Crippen molar-refractivity contribution in [2.75, 3.05) is 6.54 Å². The number of aliphatic imine (C=N–C) groups is 1. The average Bonchev–Trinajstić information content (AvgIpc) is 3.29. The number of benzene rings is 2. The van der Waals surface area contributed by atoms with Crippen LogP contribution in [0.3, 0.4) is 0 Å². The van der Waals surface area contributed by atoms with Gasteiger partial charge in [-0.25, -0.2) is 4.99 Å². The Bertz CT molecular complexity index is 1040. The van der Waals surface area contributed by atoms with E-state index in [1.807, 2.05) is 0 Å². The fourth-order valence-electron chi connectivity index (χ4n) is 4.72. The largest absolute Gasteiger partial charge is 0.325 e. The molecule has 0 radical (unpaired) electrons. The first-order valence-electron chi connectivity index (χ1n) is 11.1. The van der Waals surface area contributed by atoms with Crippen molar-refractivity contribution < 1.29 is 0 Å². The first-order valence-corrected chi connectivity index (χ1v) is 12.0. The normalized spacial score (nSPS) is 17.0. The number of hydrogen-bond donors (Lipinski definition) is 0. The summed E-state index contributed by atoms with van der Waals surface area (Å²) >= 11 is 1.75. The quantitative estimate of drug-likeness (QED) is 0.418. The Balaban J connectivity index is 1.43. The van der Waals surface area contributed by atoms with E-state index < -0.39 is 0 Å². The van der Waals surface area contributed by atoms with Crippen molar-refractivity contribution in [3.8, 4) is 11.1 Å². The fraction of sp³-hybridized carbons (Fsp3) is 0.296. The molecule has 2 heterocycles. The summed E-state index contributed by atoms with van der Waals surface area (Å²) in [5.41, 5.74) is 5.80. The molecule has 1 aromatic heterocycles. The van der Waals surface area contributed by atoms with Crippen molar-refractivity contribution in [2.24, 2.45) is 10.9 Å². The number of hydrogen-bond acceptors (Lipinski definition) is 3. The molecule has 0 bridgehead atoms. The van der Waals surface area contributed by atoms with E-state index in [-0.39, 0.29) is 0 Å². The van der Waals surface area contributed by atoms with Gasteiger partial charge < -0.3 is 4.90 Å². The van der Waals surface area contributed by atoms with Crippen molar-refractivity contribution in [1.29, 1.82) is 0 Å². The molecular formula is C27H28N2S. The van der Waals surface area contributed by atoms with Crippen LogP contribution in [-0.4, -0.2) is 17.3 Å². The molecule has 0 saturated heterocycles. The molecular weight excluding hydrogens is 384 g/mol. The Hall–Kier alpha value is -2.65. The third-order valence-electron chi connectivity index (χ3n) is 6.45. The van der Waals surface area contributed by atoms with Gasteiger partial charge in [0, 0.05) is 12.1 Å². The van der Waals surface area contributed by atoms with E-state index in [2.05, 4.69) is 77.5 Å². The number of amidine groups is 1. The smallest absolute Gasteiger partial charge is 0.141 e. The van der Waals surface area contributed by atoms with Crippen molar-refractivity contribution in [3.63, 3.8) is 0 Å². The van der Waals surface area contributed by atoms with E-state index in [9.17, 15) is 0 Å². The molecule has 1 aliphatic carbocycles. The minimum absolute atomic E-state index is 0.845. The van der Waals surface area contributed by atoms with Crippen LogP contribution in [0.25, 0.3) is 16.8 Å². The second-order valence-corrected chi connectivity index (χ2v) is 9.32. The Labute approximate surface area is 183 Å². The number of thiophene rings is 1. The zero-order valence-corrected chi connectivity index (χ0v) is 18.2. The van der Waals surface area contributed by atoms with Gasteiger partial charge >= 0.3 is 0 Å². The Morgan fingerprint density at radius 1 is 0.867 bits per heavy atom. The van der Waals surface area contributed by atoms with Crippen LogP contribution < -0.4 is 0 Å². The minimum atomic E-state index is 0.845. The summed E-state index contributed by atoms with van der Waals surface area (Å²) in [5.74, 6) is 1.89. The first kappa shape index (κ1) is 19.3. The molecule has 1 aliphatic heterocycles. The summed E-state index contributed by atoms with van der Waals surface area (Å²) in [5, 5.41) is 2.13. The van der Waals surface area contributed by atoms with Crippen molar-refractivity contribution in [1.82, 2.24) is 4.90 Å².